The molecule has 1 aliphatic heterocycles. The van der Waals surface area contributed by atoms with E-state index in [4.69, 9.17) is 0 Å². The molecule has 0 fully saturated rings. The van der Waals surface area contributed by atoms with E-state index < -0.39 is 0 Å². The van der Waals surface area contributed by atoms with Crippen molar-refractivity contribution in [3.8, 4) is 11.1 Å². The quantitative estimate of drug-likeness (QED) is 0.648. The molecule has 3 aromatic carbocycles. The van der Waals surface area contributed by atoms with Gasteiger partial charge in [0.15, 0.2) is 0 Å². The van der Waals surface area contributed by atoms with Crippen LogP contribution in [0.1, 0.15) is 6.92 Å². The Kier molecular flexibility index (Phi) is 3.08. The highest BCUT2D eigenvalue weighted by molar-refractivity contribution is 8.07. The molecular weight excluding hydrogens is 272 g/mol. The van der Waals surface area contributed by atoms with Gasteiger partial charge in [-0.1, -0.05) is 60.7 Å². The molecule has 1 heterocycles. The Labute approximate surface area is 128 Å². The van der Waals surface area contributed by atoms with Crippen molar-refractivity contribution in [2.24, 2.45) is 0 Å². The van der Waals surface area contributed by atoms with Crippen molar-refractivity contribution in [2.75, 3.05) is 0 Å². The lowest BCUT2D eigenvalue weighted by molar-refractivity contribution is 1.31. The number of benzene rings is 3. The average molecular weight is 288 g/mol. The van der Waals surface area contributed by atoms with Gasteiger partial charge >= 0.3 is 0 Å². The molecular formula is C20H16S. The minimum absolute atomic E-state index is 0.562. The molecule has 1 heteroatoms. The molecule has 4 rings (SSSR count). The molecule has 1 unspecified atom stereocenters. The maximum absolute atomic E-state index is 2.36. The third kappa shape index (κ3) is 2.28. The van der Waals surface area contributed by atoms with Crippen LogP contribution in [0.15, 0.2) is 60.7 Å². The topological polar surface area (TPSA) is 0 Å². The zero-order valence-electron chi connectivity index (χ0n) is 11.9. The van der Waals surface area contributed by atoms with Gasteiger partial charge in [0.2, 0.25) is 0 Å². The van der Waals surface area contributed by atoms with E-state index in [-0.39, 0.29) is 0 Å². The lowest BCUT2D eigenvalue weighted by atomic mass is 9.99. The van der Waals surface area contributed by atoms with Gasteiger partial charge in [0.1, 0.15) is 0 Å². The summed E-state index contributed by atoms with van der Waals surface area (Å²) in [5.74, 6) is 0. The molecule has 0 bridgehead atoms. The third-order valence-electron chi connectivity index (χ3n) is 4.02. The second-order valence-corrected chi connectivity index (χ2v) is 6.75. The molecule has 3 aromatic rings. The number of rotatable bonds is 1. The van der Waals surface area contributed by atoms with Crippen LogP contribution in [-0.2, 0) is 0 Å². The summed E-state index contributed by atoms with van der Waals surface area (Å²) in [7, 11) is 0. The average Bonchev–Trinajstić information content (AvgIpc) is 2.54. The van der Waals surface area contributed by atoms with Crippen molar-refractivity contribution < 1.29 is 0 Å². The summed E-state index contributed by atoms with van der Waals surface area (Å²) in [6.07, 6.45) is 2.36. The molecule has 21 heavy (non-hydrogen) atoms. The Morgan fingerprint density at radius 1 is 0.857 bits per heavy atom. The van der Waals surface area contributed by atoms with Crippen molar-refractivity contribution in [3.63, 3.8) is 0 Å². The van der Waals surface area contributed by atoms with E-state index in [1.54, 1.807) is 0 Å². The highest BCUT2D eigenvalue weighted by atomic mass is 32.2. The third-order valence-corrected chi connectivity index (χ3v) is 4.96. The molecule has 0 amide bonds. The van der Waals surface area contributed by atoms with Crippen LogP contribution in [-0.4, -0.2) is 5.25 Å². The highest BCUT2D eigenvalue weighted by Crippen LogP contribution is 2.23. The zero-order valence-corrected chi connectivity index (χ0v) is 12.7. The van der Waals surface area contributed by atoms with E-state index >= 15 is 0 Å². The minimum atomic E-state index is 0.562. The summed E-state index contributed by atoms with van der Waals surface area (Å²) in [5, 5.41) is 8.27. The highest BCUT2D eigenvalue weighted by Gasteiger charge is 2.06. The van der Waals surface area contributed by atoms with Gasteiger partial charge in [0, 0.05) is 5.25 Å². The van der Waals surface area contributed by atoms with Gasteiger partial charge in [-0.2, -0.15) is 0 Å². The van der Waals surface area contributed by atoms with Crippen LogP contribution >= 0.6 is 11.8 Å². The number of thioether (sulfide) groups is 1. The van der Waals surface area contributed by atoms with Gasteiger partial charge in [0.25, 0.3) is 0 Å². The van der Waals surface area contributed by atoms with E-state index in [1.165, 1.54) is 32.3 Å². The first kappa shape index (κ1) is 12.7. The summed E-state index contributed by atoms with van der Waals surface area (Å²) in [5.41, 5.74) is 2.56. The van der Waals surface area contributed by atoms with Crippen molar-refractivity contribution in [3.05, 3.63) is 71.1 Å². The molecule has 0 N–H and O–H groups in total. The molecule has 0 nitrogen and oxygen atoms in total. The van der Waals surface area contributed by atoms with Gasteiger partial charge in [0.05, 0.1) is 0 Å². The molecule has 0 saturated carbocycles. The van der Waals surface area contributed by atoms with Crippen LogP contribution in [0.2, 0.25) is 0 Å². The molecule has 0 spiro atoms. The summed E-state index contributed by atoms with van der Waals surface area (Å²) in [6.45, 7) is 2.24. The summed E-state index contributed by atoms with van der Waals surface area (Å²) < 4.78 is 0. The first-order valence-electron chi connectivity index (χ1n) is 7.27. The Bertz CT molecular complexity index is 923. The molecule has 0 saturated heterocycles. The molecule has 1 atom stereocenters. The summed E-state index contributed by atoms with van der Waals surface area (Å²) in [6, 6.07) is 21.8. The smallest absolute Gasteiger partial charge is 0.0249 e. The van der Waals surface area contributed by atoms with Crippen LogP contribution in [0.5, 0.6) is 0 Å². The monoisotopic (exact) mass is 288 g/mol. The molecule has 0 aromatic heterocycles. The van der Waals surface area contributed by atoms with Crippen molar-refractivity contribution in [1.82, 2.24) is 0 Å². The SMILES string of the molecule is CC1C=c2ccc3ccc(-c4ccccc4)cc3c2=CS1. The van der Waals surface area contributed by atoms with E-state index in [0.29, 0.717) is 5.25 Å². The van der Waals surface area contributed by atoms with Gasteiger partial charge in [-0.15, -0.1) is 11.8 Å². The standard InChI is InChI=1S/C20H16S/c1-14-11-18-10-8-16-7-9-17(15-5-3-2-4-6-15)12-19(16)20(18)13-21-14/h2-14H,1H3. The van der Waals surface area contributed by atoms with Crippen LogP contribution < -0.4 is 10.4 Å². The Hall–Kier alpha value is -1.99. The maximum atomic E-state index is 2.36. The van der Waals surface area contributed by atoms with Gasteiger partial charge in [-0.3, -0.25) is 0 Å². The summed E-state index contributed by atoms with van der Waals surface area (Å²) >= 11 is 1.90. The largest absolute Gasteiger partial charge is 0.126 e. The van der Waals surface area contributed by atoms with Crippen LogP contribution in [0.4, 0.5) is 0 Å². The molecule has 0 radical (unpaired) electrons. The molecule has 1 aliphatic rings. The van der Waals surface area contributed by atoms with Crippen molar-refractivity contribution in [2.45, 2.75) is 12.2 Å². The fourth-order valence-electron chi connectivity index (χ4n) is 2.91. The Morgan fingerprint density at radius 3 is 2.52 bits per heavy atom. The minimum Gasteiger partial charge on any atom is -0.126 e. The molecule has 0 aliphatic carbocycles. The van der Waals surface area contributed by atoms with Crippen molar-refractivity contribution >= 4 is 34.0 Å². The van der Waals surface area contributed by atoms with Crippen LogP contribution in [0.3, 0.4) is 0 Å². The van der Waals surface area contributed by atoms with Crippen LogP contribution in [0.25, 0.3) is 33.4 Å². The maximum Gasteiger partial charge on any atom is 0.0249 e. The van der Waals surface area contributed by atoms with E-state index in [1.807, 2.05) is 11.8 Å². The van der Waals surface area contributed by atoms with E-state index in [2.05, 4.69) is 79.1 Å². The Balaban J connectivity index is 2.02. The fraction of sp³-hybridized carbons (Fsp3) is 0.100. The van der Waals surface area contributed by atoms with Crippen LogP contribution in [0, 0.1) is 0 Å². The number of fused-ring (bicyclic) bond motifs is 3. The van der Waals surface area contributed by atoms with Gasteiger partial charge in [-0.25, -0.2) is 0 Å². The van der Waals surface area contributed by atoms with E-state index in [0.717, 1.165) is 0 Å². The normalized spacial score (nSPS) is 16.9. The second kappa shape index (κ2) is 5.09. The predicted octanol–water partition coefficient (Wildman–Crippen LogP) is 4.16. The molecule has 102 valence electrons. The first-order chi connectivity index (χ1) is 10.3. The predicted molar refractivity (Wildman–Crippen MR) is 94.6 cm³/mol. The van der Waals surface area contributed by atoms with E-state index in [9.17, 15) is 0 Å². The lowest BCUT2D eigenvalue weighted by Crippen LogP contribution is -2.28. The summed E-state index contributed by atoms with van der Waals surface area (Å²) in [4.78, 5) is 0. The first-order valence-corrected chi connectivity index (χ1v) is 8.21. The number of hydrogen-bond acceptors (Lipinski definition) is 1. The second-order valence-electron chi connectivity index (χ2n) is 5.50. The fourth-order valence-corrected chi connectivity index (χ4v) is 3.75. The van der Waals surface area contributed by atoms with Crippen molar-refractivity contribution in [1.29, 1.82) is 0 Å². The zero-order chi connectivity index (χ0) is 14.2. The number of hydrogen-bond donors (Lipinski definition) is 0. The Morgan fingerprint density at radius 2 is 1.67 bits per heavy atom. The lowest BCUT2D eigenvalue weighted by Gasteiger charge is -2.10. The van der Waals surface area contributed by atoms with Gasteiger partial charge < -0.3 is 0 Å². The van der Waals surface area contributed by atoms with Gasteiger partial charge in [-0.05, 0) is 50.7 Å².